The van der Waals surface area contributed by atoms with E-state index in [9.17, 15) is 9.59 Å². The summed E-state index contributed by atoms with van der Waals surface area (Å²) in [7, 11) is 0. The number of fused-ring (bicyclic) bond motifs is 1. The molecule has 0 fully saturated rings. The van der Waals surface area contributed by atoms with E-state index in [0.29, 0.717) is 11.0 Å². The highest BCUT2D eigenvalue weighted by Crippen LogP contribution is 2.23. The van der Waals surface area contributed by atoms with Gasteiger partial charge in [0.25, 0.3) is 0 Å². The first-order valence-electron chi connectivity index (χ1n) is 6.44. The van der Waals surface area contributed by atoms with E-state index in [1.165, 1.54) is 6.26 Å². The summed E-state index contributed by atoms with van der Waals surface area (Å²) in [6.45, 7) is 1.98. The van der Waals surface area contributed by atoms with Gasteiger partial charge in [-0.3, -0.25) is 9.59 Å². The van der Waals surface area contributed by atoms with E-state index in [2.05, 4.69) is 0 Å². The molecule has 0 unspecified atom stereocenters. The van der Waals surface area contributed by atoms with Gasteiger partial charge in [0, 0.05) is 4.90 Å². The number of rotatable bonds is 2. The van der Waals surface area contributed by atoms with Crippen molar-refractivity contribution in [3.05, 3.63) is 76.1 Å². The molecule has 0 spiro atoms. The second-order valence-electron chi connectivity index (χ2n) is 4.68. The van der Waals surface area contributed by atoms with Crippen molar-refractivity contribution in [2.24, 2.45) is 0 Å². The third-order valence-corrected chi connectivity index (χ3v) is 4.04. The topological polar surface area (TPSA) is 47.3 Å². The fourth-order valence-electron chi connectivity index (χ4n) is 1.99. The lowest BCUT2D eigenvalue weighted by Gasteiger charge is -2.02. The molecule has 2 aromatic carbocycles. The molecule has 1 aromatic heterocycles. The number of hydrogen-bond donors (Lipinski definition) is 0. The smallest absolute Gasteiger partial charge is 0.231 e. The van der Waals surface area contributed by atoms with E-state index < -0.39 is 0 Å². The van der Waals surface area contributed by atoms with E-state index in [4.69, 9.17) is 4.42 Å². The summed E-state index contributed by atoms with van der Waals surface area (Å²) in [5, 5.41) is 0.117. The first-order valence-corrected chi connectivity index (χ1v) is 7.26. The molecule has 3 nitrogen and oxygen atoms in total. The minimum Gasteiger partial charge on any atom is -0.463 e. The fraction of sp³-hybridized carbons (Fsp3) is 0.0588. The Hall–Kier alpha value is -2.33. The zero-order valence-corrected chi connectivity index (χ0v) is 12.1. The zero-order valence-electron chi connectivity index (χ0n) is 11.3. The van der Waals surface area contributed by atoms with Crippen molar-refractivity contribution in [3.63, 3.8) is 0 Å². The Labute approximate surface area is 125 Å². The molecule has 104 valence electrons. The van der Waals surface area contributed by atoms with Crippen LogP contribution in [0.3, 0.4) is 0 Å². The van der Waals surface area contributed by atoms with Gasteiger partial charge < -0.3 is 4.42 Å². The van der Waals surface area contributed by atoms with Crippen molar-refractivity contribution < 1.29 is 9.21 Å². The van der Waals surface area contributed by atoms with Gasteiger partial charge in [0.1, 0.15) is 17.4 Å². The summed E-state index contributed by atoms with van der Waals surface area (Å²) in [4.78, 5) is 25.4. The van der Waals surface area contributed by atoms with Crippen LogP contribution in [0.2, 0.25) is 0 Å². The third-order valence-electron chi connectivity index (χ3n) is 3.13. The highest BCUT2D eigenvalue weighted by Gasteiger charge is 2.15. The maximum atomic E-state index is 12.3. The van der Waals surface area contributed by atoms with Gasteiger partial charge in [-0.25, -0.2) is 0 Å². The highest BCUT2D eigenvalue weighted by molar-refractivity contribution is 8.14. The molecule has 1 heterocycles. The molecular formula is C17H12O3S. The van der Waals surface area contributed by atoms with Crippen LogP contribution < -0.4 is 5.43 Å². The number of aryl methyl sites for hydroxylation is 1. The summed E-state index contributed by atoms with van der Waals surface area (Å²) in [6.07, 6.45) is 1.24. The summed E-state index contributed by atoms with van der Waals surface area (Å²) in [5.74, 6) is 0. The van der Waals surface area contributed by atoms with Gasteiger partial charge in [-0.2, -0.15) is 0 Å². The molecule has 4 heteroatoms. The van der Waals surface area contributed by atoms with Crippen LogP contribution in [0.4, 0.5) is 0 Å². The molecular weight excluding hydrogens is 284 g/mol. The van der Waals surface area contributed by atoms with Gasteiger partial charge in [-0.15, -0.1) is 0 Å². The van der Waals surface area contributed by atoms with Crippen LogP contribution in [-0.4, -0.2) is 5.12 Å². The minimum atomic E-state index is -0.307. The third kappa shape index (κ3) is 2.76. The van der Waals surface area contributed by atoms with Crippen molar-refractivity contribution >= 4 is 27.8 Å². The maximum Gasteiger partial charge on any atom is 0.231 e. The molecule has 0 aliphatic carbocycles. The Balaban J connectivity index is 1.96. The van der Waals surface area contributed by atoms with Crippen LogP contribution in [0.5, 0.6) is 0 Å². The second-order valence-corrected chi connectivity index (χ2v) is 5.72. The van der Waals surface area contributed by atoms with E-state index in [0.717, 1.165) is 22.2 Å². The Bertz CT molecular complexity index is 863. The van der Waals surface area contributed by atoms with Gasteiger partial charge in [0.05, 0.1) is 5.39 Å². The molecule has 3 rings (SSSR count). The fourth-order valence-corrected chi connectivity index (χ4v) is 2.72. The Morgan fingerprint density at radius 3 is 2.52 bits per heavy atom. The van der Waals surface area contributed by atoms with Gasteiger partial charge in [-0.05, 0) is 43.0 Å². The van der Waals surface area contributed by atoms with Gasteiger partial charge >= 0.3 is 0 Å². The zero-order chi connectivity index (χ0) is 14.8. The van der Waals surface area contributed by atoms with Crippen LogP contribution in [0.15, 0.2) is 68.9 Å². The lowest BCUT2D eigenvalue weighted by molar-refractivity contribution is 0.108. The average molecular weight is 296 g/mol. The number of para-hydroxylation sites is 1. The summed E-state index contributed by atoms with van der Waals surface area (Å²) in [5.41, 5.74) is 1.39. The Kier molecular flexibility index (Phi) is 3.62. The van der Waals surface area contributed by atoms with E-state index in [1.807, 2.05) is 31.2 Å². The Morgan fingerprint density at radius 1 is 1.05 bits per heavy atom. The first kappa shape index (κ1) is 13.6. The highest BCUT2D eigenvalue weighted by atomic mass is 32.2. The predicted molar refractivity (Wildman–Crippen MR) is 83.9 cm³/mol. The normalized spacial score (nSPS) is 10.7. The molecule has 0 aliphatic heterocycles. The quantitative estimate of drug-likeness (QED) is 0.670. The predicted octanol–water partition coefficient (Wildman–Crippen LogP) is 4.03. The summed E-state index contributed by atoms with van der Waals surface area (Å²) < 4.78 is 5.37. The minimum absolute atomic E-state index is 0.0688. The van der Waals surface area contributed by atoms with Gasteiger partial charge in [-0.1, -0.05) is 29.8 Å². The van der Waals surface area contributed by atoms with E-state index in [-0.39, 0.29) is 16.1 Å². The van der Waals surface area contributed by atoms with E-state index in [1.54, 1.807) is 24.3 Å². The standard InChI is InChI=1S/C17H12O3S/c1-11-6-8-12(9-7-11)21-17(19)14-10-20-15-5-3-2-4-13(15)16(14)18/h2-10H,1H3. The van der Waals surface area contributed by atoms with Gasteiger partial charge in [0.2, 0.25) is 10.5 Å². The van der Waals surface area contributed by atoms with Gasteiger partial charge in [0.15, 0.2) is 0 Å². The van der Waals surface area contributed by atoms with Crippen molar-refractivity contribution in [2.45, 2.75) is 11.8 Å². The van der Waals surface area contributed by atoms with Crippen LogP contribution in [0.1, 0.15) is 15.9 Å². The monoisotopic (exact) mass is 296 g/mol. The Morgan fingerprint density at radius 2 is 1.76 bits per heavy atom. The van der Waals surface area contributed by atoms with Crippen molar-refractivity contribution in [2.75, 3.05) is 0 Å². The van der Waals surface area contributed by atoms with Crippen LogP contribution in [0.25, 0.3) is 11.0 Å². The molecule has 0 bridgehead atoms. The molecule has 0 atom stereocenters. The van der Waals surface area contributed by atoms with Crippen molar-refractivity contribution in [1.29, 1.82) is 0 Å². The SMILES string of the molecule is Cc1ccc(SC(=O)c2coc3ccccc3c2=O)cc1. The number of hydrogen-bond acceptors (Lipinski definition) is 4. The average Bonchev–Trinajstić information content (AvgIpc) is 2.50. The molecule has 21 heavy (non-hydrogen) atoms. The number of carbonyl (C=O) groups is 1. The largest absolute Gasteiger partial charge is 0.463 e. The van der Waals surface area contributed by atoms with Crippen LogP contribution in [0, 0.1) is 6.92 Å². The molecule has 0 aliphatic rings. The lowest BCUT2D eigenvalue weighted by Crippen LogP contribution is -2.12. The molecule has 0 saturated carbocycles. The number of thioether (sulfide) groups is 1. The molecule has 0 amide bonds. The lowest BCUT2D eigenvalue weighted by atomic mass is 10.2. The molecule has 0 radical (unpaired) electrons. The molecule has 0 N–H and O–H groups in total. The molecule has 0 saturated heterocycles. The number of carbonyl (C=O) groups excluding carboxylic acids is 1. The van der Waals surface area contributed by atoms with Crippen LogP contribution >= 0.6 is 11.8 Å². The van der Waals surface area contributed by atoms with E-state index >= 15 is 0 Å². The maximum absolute atomic E-state index is 12.3. The van der Waals surface area contributed by atoms with Crippen molar-refractivity contribution in [3.8, 4) is 0 Å². The second kappa shape index (κ2) is 5.58. The summed E-state index contributed by atoms with van der Waals surface area (Å²) in [6, 6.07) is 14.5. The number of benzene rings is 2. The van der Waals surface area contributed by atoms with Crippen LogP contribution in [-0.2, 0) is 0 Å². The van der Waals surface area contributed by atoms with Crippen molar-refractivity contribution in [1.82, 2.24) is 0 Å². The summed E-state index contributed by atoms with van der Waals surface area (Å²) >= 11 is 1.03. The molecule has 3 aromatic rings. The first-order chi connectivity index (χ1) is 10.1.